The second-order valence-corrected chi connectivity index (χ2v) is 5.95. The van der Waals surface area contributed by atoms with Crippen LogP contribution >= 0.6 is 0 Å². The first kappa shape index (κ1) is 15.5. The summed E-state index contributed by atoms with van der Waals surface area (Å²) in [5.41, 5.74) is 13.3. The van der Waals surface area contributed by atoms with E-state index in [1.165, 1.54) is 0 Å². The van der Waals surface area contributed by atoms with Crippen LogP contribution in [-0.4, -0.2) is 54.8 Å². The summed E-state index contributed by atoms with van der Waals surface area (Å²) in [4.78, 5) is 20.9. The third-order valence-electron chi connectivity index (χ3n) is 4.23. The molecule has 1 atom stereocenters. The van der Waals surface area contributed by atoms with Gasteiger partial charge in [0.25, 0.3) is 5.91 Å². The number of likely N-dealkylation sites (N-methyl/N-ethyl adjacent to an activating group) is 1. The Morgan fingerprint density at radius 1 is 1.22 bits per heavy atom. The van der Waals surface area contributed by atoms with E-state index in [1.54, 1.807) is 24.4 Å². The molecule has 122 valence electrons. The lowest BCUT2D eigenvalue weighted by atomic mass is 10.0. The highest BCUT2D eigenvalue weighted by molar-refractivity contribution is 5.94. The highest BCUT2D eigenvalue weighted by atomic mass is 16.2. The molecule has 0 saturated carbocycles. The molecule has 2 aliphatic heterocycles. The number of rotatable bonds is 2. The average molecular weight is 314 g/mol. The number of nitrogens with two attached hydrogens (primary N) is 2. The van der Waals surface area contributed by atoms with Gasteiger partial charge >= 0.3 is 0 Å². The second kappa shape index (κ2) is 6.02. The summed E-state index contributed by atoms with van der Waals surface area (Å²) >= 11 is 0. The number of nitrogens with zero attached hydrogens (tertiary/aromatic N) is 3. The largest absolute Gasteiger partial charge is 0.384 e. The van der Waals surface area contributed by atoms with E-state index < -0.39 is 5.79 Å². The number of piperazine rings is 1. The van der Waals surface area contributed by atoms with Crippen molar-refractivity contribution < 1.29 is 4.79 Å². The molecule has 2 heterocycles. The minimum Gasteiger partial charge on any atom is -0.384 e. The number of hydrogen-bond acceptors (Lipinski definition) is 6. The first-order valence-corrected chi connectivity index (χ1v) is 7.65. The van der Waals surface area contributed by atoms with Crippen molar-refractivity contribution in [2.45, 2.75) is 5.79 Å². The van der Waals surface area contributed by atoms with Gasteiger partial charge in [0.1, 0.15) is 5.84 Å². The summed E-state index contributed by atoms with van der Waals surface area (Å²) in [5, 5.41) is 2.99. The molecule has 1 fully saturated rings. The molecule has 0 bridgehead atoms. The van der Waals surface area contributed by atoms with Crippen LogP contribution in [0, 0.1) is 0 Å². The van der Waals surface area contributed by atoms with E-state index in [2.05, 4.69) is 22.3 Å². The van der Waals surface area contributed by atoms with Gasteiger partial charge in [0.2, 0.25) is 5.79 Å². The van der Waals surface area contributed by atoms with Crippen LogP contribution in [0.5, 0.6) is 0 Å². The van der Waals surface area contributed by atoms with Gasteiger partial charge < -0.3 is 20.9 Å². The third-order valence-corrected chi connectivity index (χ3v) is 4.23. The van der Waals surface area contributed by atoms with Gasteiger partial charge in [-0.3, -0.25) is 10.5 Å². The van der Waals surface area contributed by atoms with Crippen LogP contribution in [0.4, 0.5) is 0 Å². The van der Waals surface area contributed by atoms with Gasteiger partial charge in [-0.25, -0.2) is 4.99 Å². The average Bonchev–Trinajstić information content (AvgIpc) is 2.55. The zero-order valence-corrected chi connectivity index (χ0v) is 13.2. The zero-order valence-electron chi connectivity index (χ0n) is 13.2. The standard InChI is InChI=1S/C16H22N6O/c1-21-8-10-22(11-9-21)15(23)12-2-4-13(5-3-12)16(18)19-7-6-14(17)20-16/h2-7,19H,8-11,18H2,1H3,(H2,17,20). The maximum atomic E-state index is 12.5. The van der Waals surface area contributed by atoms with E-state index >= 15 is 0 Å². The molecule has 1 unspecified atom stereocenters. The molecule has 7 heteroatoms. The van der Waals surface area contributed by atoms with Gasteiger partial charge in [-0.15, -0.1) is 0 Å². The fourth-order valence-electron chi connectivity index (χ4n) is 2.73. The van der Waals surface area contributed by atoms with Crippen LogP contribution in [0.2, 0.25) is 0 Å². The lowest BCUT2D eigenvalue weighted by molar-refractivity contribution is 0.0664. The summed E-state index contributed by atoms with van der Waals surface area (Å²) in [6.45, 7) is 3.32. The lowest BCUT2D eigenvalue weighted by Gasteiger charge is -2.32. The van der Waals surface area contributed by atoms with Crippen molar-refractivity contribution in [1.29, 1.82) is 0 Å². The predicted molar refractivity (Wildman–Crippen MR) is 89.6 cm³/mol. The lowest BCUT2D eigenvalue weighted by Crippen LogP contribution is -2.49. The van der Waals surface area contributed by atoms with Crippen molar-refractivity contribution in [3.05, 3.63) is 47.7 Å². The number of carbonyl (C=O) groups excluding carboxylic acids is 1. The number of hydrogen-bond donors (Lipinski definition) is 3. The van der Waals surface area contributed by atoms with Gasteiger partial charge in [0, 0.05) is 43.5 Å². The molecule has 1 aromatic rings. The van der Waals surface area contributed by atoms with Crippen molar-refractivity contribution >= 4 is 11.7 Å². The second-order valence-electron chi connectivity index (χ2n) is 5.95. The first-order chi connectivity index (χ1) is 11.0. The Hall–Kier alpha value is -2.38. The number of benzene rings is 1. The molecule has 0 spiro atoms. The third kappa shape index (κ3) is 3.20. The van der Waals surface area contributed by atoms with Crippen LogP contribution in [0.1, 0.15) is 15.9 Å². The van der Waals surface area contributed by atoms with Crippen molar-refractivity contribution in [3.8, 4) is 0 Å². The molecule has 1 amide bonds. The molecule has 0 aliphatic carbocycles. The SMILES string of the molecule is CN1CCN(C(=O)c2ccc(C3(N)N=C(N)C=CN3)cc2)CC1. The molecular weight excluding hydrogens is 292 g/mol. The molecule has 1 aromatic carbocycles. The fraction of sp³-hybridized carbons (Fsp3) is 0.375. The van der Waals surface area contributed by atoms with Gasteiger partial charge in [0.05, 0.1) is 0 Å². The van der Waals surface area contributed by atoms with Crippen molar-refractivity contribution in [2.24, 2.45) is 16.5 Å². The Kier molecular flexibility index (Phi) is 4.06. The first-order valence-electron chi connectivity index (χ1n) is 7.65. The number of aliphatic imine (C=N–C) groups is 1. The van der Waals surface area contributed by atoms with E-state index in [0.29, 0.717) is 11.4 Å². The Morgan fingerprint density at radius 2 is 1.87 bits per heavy atom. The summed E-state index contributed by atoms with van der Waals surface area (Å²) in [5.74, 6) is -0.673. The van der Waals surface area contributed by atoms with E-state index in [1.807, 2.05) is 17.0 Å². The van der Waals surface area contributed by atoms with Gasteiger partial charge in [-0.2, -0.15) is 0 Å². The van der Waals surface area contributed by atoms with Crippen molar-refractivity contribution in [1.82, 2.24) is 15.1 Å². The van der Waals surface area contributed by atoms with Gasteiger partial charge in [0.15, 0.2) is 0 Å². The van der Waals surface area contributed by atoms with Crippen LogP contribution in [0.15, 0.2) is 41.5 Å². The van der Waals surface area contributed by atoms with Crippen LogP contribution < -0.4 is 16.8 Å². The summed E-state index contributed by atoms with van der Waals surface area (Å²) in [6, 6.07) is 7.20. The van der Waals surface area contributed by atoms with Crippen molar-refractivity contribution in [2.75, 3.05) is 33.2 Å². The summed E-state index contributed by atoms with van der Waals surface area (Å²) in [6.07, 6.45) is 3.32. The zero-order chi connectivity index (χ0) is 16.4. The highest BCUT2D eigenvalue weighted by Crippen LogP contribution is 2.20. The van der Waals surface area contributed by atoms with Crippen LogP contribution in [0.3, 0.4) is 0 Å². The number of nitrogens with one attached hydrogen (secondary N) is 1. The Morgan fingerprint density at radius 3 is 2.48 bits per heavy atom. The molecule has 3 rings (SSSR count). The smallest absolute Gasteiger partial charge is 0.253 e. The molecule has 0 aromatic heterocycles. The monoisotopic (exact) mass is 314 g/mol. The van der Waals surface area contributed by atoms with Gasteiger partial charge in [-0.1, -0.05) is 12.1 Å². The molecule has 1 saturated heterocycles. The normalized spacial score (nSPS) is 25.0. The summed E-state index contributed by atoms with van der Waals surface area (Å²) < 4.78 is 0. The number of carbonyl (C=O) groups is 1. The quantitative estimate of drug-likeness (QED) is 0.691. The van der Waals surface area contributed by atoms with E-state index in [0.717, 1.165) is 31.7 Å². The number of amidine groups is 1. The molecule has 23 heavy (non-hydrogen) atoms. The Labute approximate surface area is 135 Å². The van der Waals surface area contributed by atoms with E-state index in [9.17, 15) is 4.79 Å². The predicted octanol–water partition coefficient (Wildman–Crippen LogP) is -0.383. The summed E-state index contributed by atoms with van der Waals surface area (Å²) in [7, 11) is 2.06. The minimum atomic E-state index is -1.09. The van der Waals surface area contributed by atoms with E-state index in [-0.39, 0.29) is 5.91 Å². The molecule has 2 aliphatic rings. The van der Waals surface area contributed by atoms with Crippen molar-refractivity contribution in [3.63, 3.8) is 0 Å². The topological polar surface area (TPSA) is 100.0 Å². The molecule has 5 N–H and O–H groups in total. The molecule has 7 nitrogen and oxygen atoms in total. The minimum absolute atomic E-state index is 0.0511. The Balaban J connectivity index is 1.75. The fourth-order valence-corrected chi connectivity index (χ4v) is 2.73. The highest BCUT2D eigenvalue weighted by Gasteiger charge is 2.28. The van der Waals surface area contributed by atoms with Gasteiger partial charge in [-0.05, 0) is 25.3 Å². The molecule has 0 radical (unpaired) electrons. The van der Waals surface area contributed by atoms with E-state index in [4.69, 9.17) is 11.5 Å². The van der Waals surface area contributed by atoms with Crippen LogP contribution in [0.25, 0.3) is 0 Å². The maximum absolute atomic E-state index is 12.5. The molecular formula is C16H22N6O. The Bertz CT molecular complexity index is 645. The number of amides is 1. The maximum Gasteiger partial charge on any atom is 0.253 e. The van der Waals surface area contributed by atoms with Crippen LogP contribution in [-0.2, 0) is 5.79 Å².